The van der Waals surface area contributed by atoms with Crippen LogP contribution in [0.15, 0.2) is 0 Å². The predicted octanol–water partition coefficient (Wildman–Crippen LogP) is -0.331. The Kier molecular flexibility index (Phi) is 4.99. The summed E-state index contributed by atoms with van der Waals surface area (Å²) in [5.74, 6) is -1.44. The maximum Gasteiger partial charge on any atom is 0.322 e. The molecule has 122 valence electrons. The lowest BCUT2D eigenvalue weighted by molar-refractivity contribution is -0.133. The normalized spacial score (nSPS) is 25.2. The monoisotopic (exact) mass is 310 g/mol. The van der Waals surface area contributed by atoms with Crippen molar-refractivity contribution < 1.29 is 19.2 Å². The van der Waals surface area contributed by atoms with Gasteiger partial charge in [0.1, 0.15) is 11.6 Å². The Morgan fingerprint density at radius 3 is 2.36 bits per heavy atom. The molecule has 5 amide bonds. The van der Waals surface area contributed by atoms with E-state index in [2.05, 4.69) is 16.0 Å². The summed E-state index contributed by atoms with van der Waals surface area (Å²) in [7, 11) is 0. The van der Waals surface area contributed by atoms with E-state index in [9.17, 15) is 19.2 Å². The smallest absolute Gasteiger partial charge is 0.322 e. The van der Waals surface area contributed by atoms with Gasteiger partial charge in [0.15, 0.2) is 0 Å². The Labute approximate surface area is 128 Å². The molecule has 22 heavy (non-hydrogen) atoms. The van der Waals surface area contributed by atoms with Crippen LogP contribution < -0.4 is 21.7 Å². The van der Waals surface area contributed by atoms with Crippen molar-refractivity contribution in [3.8, 4) is 0 Å². The molecule has 1 atom stereocenters. The highest BCUT2D eigenvalue weighted by atomic mass is 16.2. The van der Waals surface area contributed by atoms with Gasteiger partial charge in [0.2, 0.25) is 17.7 Å². The van der Waals surface area contributed by atoms with Gasteiger partial charge in [-0.05, 0) is 19.3 Å². The van der Waals surface area contributed by atoms with Crippen LogP contribution in [0.4, 0.5) is 4.79 Å². The molecule has 0 radical (unpaired) electrons. The van der Waals surface area contributed by atoms with Gasteiger partial charge in [-0.1, -0.05) is 25.7 Å². The highest BCUT2D eigenvalue weighted by Crippen LogP contribution is 2.27. The summed E-state index contributed by atoms with van der Waals surface area (Å²) in [6, 6.07) is -1.54. The zero-order chi connectivity index (χ0) is 16.2. The van der Waals surface area contributed by atoms with Crippen LogP contribution in [0.2, 0.25) is 0 Å². The molecule has 0 unspecified atom stereocenters. The number of carbonyl (C=O) groups excluding carboxylic acids is 4. The molecule has 8 nitrogen and oxygen atoms in total. The lowest BCUT2D eigenvalue weighted by atomic mass is 9.88. The first kappa shape index (κ1) is 16.3. The number of primary amides is 1. The Balaban J connectivity index is 2.08. The van der Waals surface area contributed by atoms with Gasteiger partial charge in [0, 0.05) is 6.42 Å². The molecule has 8 heteroatoms. The van der Waals surface area contributed by atoms with Crippen molar-refractivity contribution in [2.75, 3.05) is 0 Å². The van der Waals surface area contributed by atoms with E-state index >= 15 is 0 Å². The van der Waals surface area contributed by atoms with Gasteiger partial charge in [-0.2, -0.15) is 0 Å². The van der Waals surface area contributed by atoms with Crippen LogP contribution in [-0.4, -0.2) is 35.3 Å². The van der Waals surface area contributed by atoms with E-state index in [1.807, 2.05) is 0 Å². The summed E-state index contributed by atoms with van der Waals surface area (Å²) in [6.07, 6.45) is 4.92. The maximum atomic E-state index is 12.4. The number of hydrogen-bond donors (Lipinski definition) is 4. The molecule has 0 spiro atoms. The van der Waals surface area contributed by atoms with Gasteiger partial charge in [0.25, 0.3) is 0 Å². The number of nitrogens with two attached hydrogens (primary N) is 1. The van der Waals surface area contributed by atoms with Crippen LogP contribution >= 0.6 is 0 Å². The zero-order valence-corrected chi connectivity index (χ0v) is 12.4. The number of rotatable bonds is 3. The summed E-state index contributed by atoms with van der Waals surface area (Å²) >= 11 is 0. The average molecular weight is 310 g/mol. The van der Waals surface area contributed by atoms with Crippen molar-refractivity contribution in [3.63, 3.8) is 0 Å². The van der Waals surface area contributed by atoms with Crippen molar-refractivity contribution >= 4 is 23.8 Å². The van der Waals surface area contributed by atoms with Crippen molar-refractivity contribution in [2.45, 2.75) is 62.9 Å². The van der Waals surface area contributed by atoms with Gasteiger partial charge in [0.05, 0.1) is 0 Å². The minimum atomic E-state index is -1.05. The summed E-state index contributed by atoms with van der Waals surface area (Å²) in [6.45, 7) is 0. The summed E-state index contributed by atoms with van der Waals surface area (Å²) in [5.41, 5.74) is 4.47. The highest BCUT2D eigenvalue weighted by Gasteiger charge is 2.40. The maximum absolute atomic E-state index is 12.4. The minimum Gasteiger partial charge on any atom is -0.368 e. The Bertz CT molecular complexity index is 483. The standard InChI is InChI=1S/C14H22N4O4/c15-12(21)14(7-3-1-2-4-8-14)18-11(20)9-5-6-10(19)17-13(22)16-9/h9H,1-8H2,(H2,15,21)(H,18,20)(H2,16,17,19,22)/t9-/m1/s1. The van der Waals surface area contributed by atoms with Crippen LogP contribution in [0.25, 0.3) is 0 Å². The van der Waals surface area contributed by atoms with Gasteiger partial charge in [-0.25, -0.2) is 4.79 Å². The summed E-state index contributed by atoms with van der Waals surface area (Å²) in [5, 5.41) is 7.28. The van der Waals surface area contributed by atoms with E-state index in [0.717, 1.165) is 25.7 Å². The summed E-state index contributed by atoms with van der Waals surface area (Å²) in [4.78, 5) is 47.1. The Hall–Kier alpha value is -2.12. The van der Waals surface area contributed by atoms with E-state index in [0.29, 0.717) is 12.8 Å². The van der Waals surface area contributed by atoms with E-state index in [4.69, 9.17) is 5.73 Å². The fraction of sp³-hybridized carbons (Fsp3) is 0.714. The molecule has 0 aromatic rings. The molecule has 1 aliphatic carbocycles. The molecule has 2 fully saturated rings. The van der Waals surface area contributed by atoms with E-state index in [1.54, 1.807) is 0 Å². The molecule has 1 saturated heterocycles. The number of imide groups is 1. The molecule has 0 bridgehead atoms. The van der Waals surface area contributed by atoms with Crippen LogP contribution in [0.5, 0.6) is 0 Å². The fourth-order valence-electron chi connectivity index (χ4n) is 3.02. The van der Waals surface area contributed by atoms with Gasteiger partial charge in [-0.3, -0.25) is 19.7 Å². The average Bonchev–Trinajstić information content (AvgIpc) is 2.78. The van der Waals surface area contributed by atoms with E-state index < -0.39 is 35.3 Å². The second-order valence-electron chi connectivity index (χ2n) is 5.96. The first-order valence-electron chi connectivity index (χ1n) is 7.65. The minimum absolute atomic E-state index is 0.0698. The zero-order valence-electron chi connectivity index (χ0n) is 12.4. The fourth-order valence-corrected chi connectivity index (χ4v) is 3.02. The predicted molar refractivity (Wildman–Crippen MR) is 77.5 cm³/mol. The quantitative estimate of drug-likeness (QED) is 0.532. The molecule has 5 N–H and O–H groups in total. The topological polar surface area (TPSA) is 130 Å². The van der Waals surface area contributed by atoms with Crippen LogP contribution in [0, 0.1) is 0 Å². The molecule has 2 rings (SSSR count). The number of urea groups is 1. The number of amides is 5. The molecule has 2 aliphatic rings. The van der Waals surface area contributed by atoms with Gasteiger partial charge >= 0.3 is 6.03 Å². The second kappa shape index (κ2) is 6.76. The molecule has 0 aromatic heterocycles. The Morgan fingerprint density at radius 2 is 1.77 bits per heavy atom. The third-order valence-corrected chi connectivity index (χ3v) is 4.33. The summed E-state index contributed by atoms with van der Waals surface area (Å²) < 4.78 is 0. The molecule has 0 aromatic carbocycles. The van der Waals surface area contributed by atoms with Crippen molar-refractivity contribution in [1.29, 1.82) is 0 Å². The third-order valence-electron chi connectivity index (χ3n) is 4.33. The van der Waals surface area contributed by atoms with E-state index in [1.165, 1.54) is 0 Å². The van der Waals surface area contributed by atoms with Crippen molar-refractivity contribution in [3.05, 3.63) is 0 Å². The largest absolute Gasteiger partial charge is 0.368 e. The third kappa shape index (κ3) is 3.75. The first-order valence-corrected chi connectivity index (χ1v) is 7.65. The van der Waals surface area contributed by atoms with Gasteiger partial charge in [-0.15, -0.1) is 0 Å². The van der Waals surface area contributed by atoms with Gasteiger partial charge < -0.3 is 16.4 Å². The molecular formula is C14H22N4O4. The molecule has 1 aliphatic heterocycles. The Morgan fingerprint density at radius 1 is 1.14 bits per heavy atom. The van der Waals surface area contributed by atoms with Crippen molar-refractivity contribution in [2.24, 2.45) is 5.73 Å². The van der Waals surface area contributed by atoms with Crippen LogP contribution in [0.1, 0.15) is 51.4 Å². The number of nitrogens with one attached hydrogen (secondary N) is 3. The second-order valence-corrected chi connectivity index (χ2v) is 5.96. The van der Waals surface area contributed by atoms with Crippen molar-refractivity contribution in [1.82, 2.24) is 16.0 Å². The number of hydrogen-bond acceptors (Lipinski definition) is 4. The SMILES string of the molecule is NC(=O)C1(NC(=O)[C@H]2CCC(=O)NC(=O)N2)CCCCCC1. The van der Waals surface area contributed by atoms with E-state index in [-0.39, 0.29) is 12.8 Å². The first-order chi connectivity index (χ1) is 10.4. The highest BCUT2D eigenvalue weighted by molar-refractivity contribution is 5.99. The van der Waals surface area contributed by atoms with Crippen LogP contribution in [-0.2, 0) is 14.4 Å². The number of carbonyl (C=O) groups is 4. The lowest BCUT2D eigenvalue weighted by Crippen LogP contribution is -2.61. The molecular weight excluding hydrogens is 288 g/mol. The molecule has 1 saturated carbocycles. The van der Waals surface area contributed by atoms with Crippen LogP contribution in [0.3, 0.4) is 0 Å². The lowest BCUT2D eigenvalue weighted by Gasteiger charge is -2.32. The molecule has 1 heterocycles.